The predicted molar refractivity (Wildman–Crippen MR) is 68.5 cm³/mol. The van der Waals surface area contributed by atoms with Crippen molar-refractivity contribution >= 4 is 23.2 Å². The molecule has 86 valence electrons. The van der Waals surface area contributed by atoms with Crippen molar-refractivity contribution in [1.82, 2.24) is 0 Å². The van der Waals surface area contributed by atoms with Crippen molar-refractivity contribution < 1.29 is 9.18 Å². The maximum absolute atomic E-state index is 12.8. The second-order valence-corrected chi connectivity index (χ2v) is 4.60. The first-order chi connectivity index (χ1) is 8.29. The first-order valence-electron chi connectivity index (χ1n) is 5.23. The lowest BCUT2D eigenvalue weighted by Gasteiger charge is -2.00. The molecular weight excluding hydrogens is 235 g/mol. The summed E-state index contributed by atoms with van der Waals surface area (Å²) in [5.74, 6) is -0.294. The fourth-order valence-corrected chi connectivity index (χ4v) is 2.18. The molecule has 1 heterocycles. The zero-order valence-electron chi connectivity index (χ0n) is 9.10. The highest BCUT2D eigenvalue weighted by Gasteiger charge is 2.00. The summed E-state index contributed by atoms with van der Waals surface area (Å²) in [4.78, 5) is 12.2. The smallest absolute Gasteiger partial charge is 0.150 e. The van der Waals surface area contributed by atoms with E-state index in [-0.39, 0.29) is 5.82 Å². The Morgan fingerprint density at radius 2 is 2.00 bits per heavy atom. The van der Waals surface area contributed by atoms with E-state index in [0.29, 0.717) is 5.57 Å². The Kier molecular flexibility index (Phi) is 3.83. The minimum absolute atomic E-state index is 0.294. The highest BCUT2D eigenvalue weighted by molar-refractivity contribution is 7.09. The molecule has 0 saturated carbocycles. The topological polar surface area (TPSA) is 17.1 Å². The van der Waals surface area contributed by atoms with Gasteiger partial charge < -0.3 is 0 Å². The van der Waals surface area contributed by atoms with Crippen molar-refractivity contribution in [2.24, 2.45) is 0 Å². The monoisotopic (exact) mass is 246 g/mol. The average molecular weight is 246 g/mol. The van der Waals surface area contributed by atoms with E-state index in [4.69, 9.17) is 0 Å². The molecule has 1 aromatic heterocycles. The first kappa shape index (κ1) is 11.7. The van der Waals surface area contributed by atoms with Crippen LogP contribution in [0.15, 0.2) is 47.9 Å². The largest absolute Gasteiger partial charge is 0.298 e. The van der Waals surface area contributed by atoms with Gasteiger partial charge in [0.2, 0.25) is 0 Å². The van der Waals surface area contributed by atoms with Crippen molar-refractivity contribution in [3.05, 3.63) is 64.1 Å². The van der Waals surface area contributed by atoms with Gasteiger partial charge in [0.15, 0.2) is 0 Å². The van der Waals surface area contributed by atoms with Crippen molar-refractivity contribution in [2.45, 2.75) is 6.42 Å². The quantitative estimate of drug-likeness (QED) is 0.593. The number of carbonyl (C=O) groups excluding carboxylic acids is 1. The molecule has 3 heteroatoms. The Morgan fingerprint density at radius 1 is 1.24 bits per heavy atom. The molecule has 0 aliphatic heterocycles. The number of hydrogen-bond donors (Lipinski definition) is 0. The zero-order valence-corrected chi connectivity index (χ0v) is 9.91. The number of hydrogen-bond acceptors (Lipinski definition) is 2. The van der Waals surface area contributed by atoms with Gasteiger partial charge in [0, 0.05) is 16.9 Å². The normalized spacial score (nSPS) is 11.5. The van der Waals surface area contributed by atoms with Gasteiger partial charge in [0.1, 0.15) is 12.1 Å². The Balaban J connectivity index is 2.18. The Labute approximate surface area is 103 Å². The highest BCUT2D eigenvalue weighted by Crippen LogP contribution is 2.16. The van der Waals surface area contributed by atoms with Crippen LogP contribution in [0.3, 0.4) is 0 Å². The summed E-state index contributed by atoms with van der Waals surface area (Å²) < 4.78 is 12.8. The lowest BCUT2D eigenvalue weighted by molar-refractivity contribution is -0.103. The van der Waals surface area contributed by atoms with Crippen molar-refractivity contribution in [3.8, 4) is 0 Å². The standard InChI is InChI=1S/C14H11FOS/c15-13-6-3-11(4-7-13)12(10-16)5-8-14-2-1-9-17-14/h1-7,9-10H,8H2. The van der Waals surface area contributed by atoms with E-state index >= 15 is 0 Å². The van der Waals surface area contributed by atoms with Crippen LogP contribution < -0.4 is 0 Å². The van der Waals surface area contributed by atoms with Crippen LogP contribution in [0, 0.1) is 5.82 Å². The summed E-state index contributed by atoms with van der Waals surface area (Å²) in [6.07, 6.45) is 3.40. The molecule has 0 radical (unpaired) electrons. The van der Waals surface area contributed by atoms with Gasteiger partial charge in [0.25, 0.3) is 0 Å². The molecule has 0 saturated heterocycles. The SMILES string of the molecule is O=CC(=CCc1cccs1)c1ccc(F)cc1. The third-order valence-corrected chi connectivity index (χ3v) is 3.31. The van der Waals surface area contributed by atoms with Crippen molar-refractivity contribution in [3.63, 3.8) is 0 Å². The van der Waals surface area contributed by atoms with E-state index in [2.05, 4.69) is 0 Å². The summed E-state index contributed by atoms with van der Waals surface area (Å²) in [7, 11) is 0. The number of thiophene rings is 1. The second-order valence-electron chi connectivity index (χ2n) is 3.57. The minimum atomic E-state index is -0.294. The number of rotatable bonds is 4. The predicted octanol–water partition coefficient (Wildman–Crippen LogP) is 3.71. The summed E-state index contributed by atoms with van der Waals surface area (Å²) in [5.41, 5.74) is 1.34. The summed E-state index contributed by atoms with van der Waals surface area (Å²) >= 11 is 1.65. The molecule has 2 rings (SSSR count). The van der Waals surface area contributed by atoms with Crippen molar-refractivity contribution in [1.29, 1.82) is 0 Å². The average Bonchev–Trinajstić information content (AvgIpc) is 2.85. The van der Waals surface area contributed by atoms with Crippen LogP contribution in [0.5, 0.6) is 0 Å². The van der Waals surface area contributed by atoms with Gasteiger partial charge in [-0.15, -0.1) is 11.3 Å². The number of benzene rings is 1. The van der Waals surface area contributed by atoms with E-state index in [0.717, 1.165) is 18.3 Å². The lowest BCUT2D eigenvalue weighted by Crippen LogP contribution is -1.88. The summed E-state index contributed by atoms with van der Waals surface area (Å²) in [6.45, 7) is 0. The second kappa shape index (κ2) is 5.55. The molecule has 0 spiro atoms. The minimum Gasteiger partial charge on any atom is -0.298 e. The summed E-state index contributed by atoms with van der Waals surface area (Å²) in [5, 5.41) is 2.00. The van der Waals surface area contributed by atoms with E-state index < -0.39 is 0 Å². The van der Waals surface area contributed by atoms with Crippen molar-refractivity contribution in [2.75, 3.05) is 0 Å². The molecule has 0 atom stereocenters. The Morgan fingerprint density at radius 3 is 2.59 bits per heavy atom. The first-order valence-corrected chi connectivity index (χ1v) is 6.11. The highest BCUT2D eigenvalue weighted by atomic mass is 32.1. The van der Waals surface area contributed by atoms with Crippen LogP contribution in [0.2, 0.25) is 0 Å². The van der Waals surface area contributed by atoms with Gasteiger partial charge in [-0.25, -0.2) is 4.39 Å². The molecular formula is C14H11FOS. The van der Waals surface area contributed by atoms with Gasteiger partial charge in [-0.1, -0.05) is 24.3 Å². The maximum atomic E-state index is 12.8. The molecule has 0 aliphatic carbocycles. The van der Waals surface area contributed by atoms with Crippen LogP contribution >= 0.6 is 11.3 Å². The summed E-state index contributed by atoms with van der Waals surface area (Å²) in [6, 6.07) is 9.95. The van der Waals surface area contributed by atoms with Gasteiger partial charge in [-0.3, -0.25) is 4.79 Å². The van der Waals surface area contributed by atoms with Gasteiger partial charge >= 0.3 is 0 Å². The zero-order chi connectivity index (χ0) is 12.1. The Hall–Kier alpha value is -1.74. The molecule has 0 fully saturated rings. The fraction of sp³-hybridized carbons (Fsp3) is 0.0714. The molecule has 1 nitrogen and oxygen atoms in total. The van der Waals surface area contributed by atoms with E-state index in [9.17, 15) is 9.18 Å². The third kappa shape index (κ3) is 3.11. The van der Waals surface area contributed by atoms with E-state index in [1.165, 1.54) is 17.0 Å². The van der Waals surface area contributed by atoms with Crippen LogP contribution in [0.4, 0.5) is 4.39 Å². The van der Waals surface area contributed by atoms with E-state index in [1.807, 2.05) is 23.6 Å². The van der Waals surface area contributed by atoms with Crippen LogP contribution in [0.1, 0.15) is 10.4 Å². The molecule has 0 amide bonds. The molecule has 17 heavy (non-hydrogen) atoms. The lowest BCUT2D eigenvalue weighted by atomic mass is 10.1. The van der Waals surface area contributed by atoms with Gasteiger partial charge in [-0.2, -0.15) is 0 Å². The number of halogens is 1. The number of allylic oxidation sites excluding steroid dienone is 2. The molecule has 2 aromatic rings. The molecule has 0 bridgehead atoms. The van der Waals surface area contributed by atoms with Gasteiger partial charge in [-0.05, 0) is 29.1 Å². The number of carbonyl (C=O) groups is 1. The van der Waals surface area contributed by atoms with E-state index in [1.54, 1.807) is 23.5 Å². The molecule has 1 aromatic carbocycles. The Bertz CT molecular complexity index is 512. The molecule has 0 aliphatic rings. The molecule has 0 unspecified atom stereocenters. The van der Waals surface area contributed by atoms with Crippen LogP contribution in [-0.2, 0) is 11.2 Å². The van der Waals surface area contributed by atoms with Crippen LogP contribution in [0.25, 0.3) is 5.57 Å². The third-order valence-electron chi connectivity index (χ3n) is 2.41. The number of aldehydes is 1. The molecule has 0 N–H and O–H groups in total. The van der Waals surface area contributed by atoms with Crippen LogP contribution in [-0.4, -0.2) is 6.29 Å². The maximum Gasteiger partial charge on any atom is 0.150 e. The fourth-order valence-electron chi connectivity index (χ4n) is 1.52. The van der Waals surface area contributed by atoms with Gasteiger partial charge in [0.05, 0.1) is 0 Å².